The van der Waals surface area contributed by atoms with Crippen LogP contribution in [0.1, 0.15) is 40.2 Å². The minimum absolute atomic E-state index is 0.157. The van der Waals surface area contributed by atoms with E-state index in [4.69, 9.17) is 16.3 Å². The van der Waals surface area contributed by atoms with Crippen molar-refractivity contribution in [1.29, 1.82) is 0 Å². The number of carbonyl (C=O) groups is 1. The van der Waals surface area contributed by atoms with E-state index in [9.17, 15) is 9.59 Å². The molecule has 0 spiro atoms. The number of halogens is 1. The Kier molecular flexibility index (Phi) is 6.26. The molecule has 1 N–H and O–H groups in total. The number of nitrogens with zero attached hydrogens (tertiary/aromatic N) is 2. The molecule has 1 saturated heterocycles. The number of hydrogen-bond donors (Lipinski definition) is 1. The van der Waals surface area contributed by atoms with Crippen molar-refractivity contribution in [3.8, 4) is 5.69 Å². The lowest BCUT2D eigenvalue weighted by molar-refractivity contribution is 0.0600. The Morgan fingerprint density at radius 2 is 1.79 bits per heavy atom. The molecule has 2 heterocycles. The number of esters is 1. The Morgan fingerprint density at radius 3 is 2.53 bits per heavy atom. The summed E-state index contributed by atoms with van der Waals surface area (Å²) in [4.78, 5) is 25.6. The zero-order valence-electron chi connectivity index (χ0n) is 19.0. The molecule has 4 aromatic rings. The van der Waals surface area contributed by atoms with E-state index >= 15 is 0 Å². The molecule has 7 heteroatoms. The van der Waals surface area contributed by atoms with Crippen LogP contribution in [-0.4, -0.2) is 35.3 Å². The van der Waals surface area contributed by atoms with Crippen LogP contribution in [0, 0.1) is 0 Å². The molecule has 0 atom stereocenters. The van der Waals surface area contributed by atoms with Crippen LogP contribution in [0.15, 0.2) is 71.5 Å². The molecular formula is C27H26ClN3O3. The van der Waals surface area contributed by atoms with Gasteiger partial charge in [0.1, 0.15) is 0 Å². The number of methoxy groups -OCH3 is 1. The van der Waals surface area contributed by atoms with Crippen molar-refractivity contribution in [2.75, 3.05) is 20.2 Å². The van der Waals surface area contributed by atoms with Crippen molar-refractivity contribution in [3.63, 3.8) is 0 Å². The summed E-state index contributed by atoms with van der Waals surface area (Å²) in [6.45, 7) is 2.39. The average molecular weight is 476 g/mol. The first-order valence-corrected chi connectivity index (χ1v) is 11.8. The van der Waals surface area contributed by atoms with Crippen molar-refractivity contribution < 1.29 is 9.53 Å². The lowest BCUT2D eigenvalue weighted by Gasteiger charge is -2.23. The number of aromatic nitrogens is 2. The highest BCUT2D eigenvalue weighted by atomic mass is 35.5. The molecule has 0 saturated carbocycles. The van der Waals surface area contributed by atoms with Gasteiger partial charge in [-0.3, -0.25) is 9.13 Å². The summed E-state index contributed by atoms with van der Waals surface area (Å²) in [6, 6.07) is 20.9. The third-order valence-corrected chi connectivity index (χ3v) is 6.78. The number of benzene rings is 3. The Morgan fingerprint density at radius 1 is 1.03 bits per heavy atom. The van der Waals surface area contributed by atoms with Crippen molar-refractivity contribution in [3.05, 3.63) is 98.9 Å². The van der Waals surface area contributed by atoms with Crippen LogP contribution in [0.4, 0.5) is 0 Å². The van der Waals surface area contributed by atoms with Crippen LogP contribution >= 0.6 is 11.6 Å². The number of imidazole rings is 1. The van der Waals surface area contributed by atoms with Crippen LogP contribution in [0.3, 0.4) is 0 Å². The van der Waals surface area contributed by atoms with E-state index in [1.807, 2.05) is 30.3 Å². The van der Waals surface area contributed by atoms with Crippen LogP contribution in [0.5, 0.6) is 0 Å². The minimum atomic E-state index is -0.405. The van der Waals surface area contributed by atoms with Crippen LogP contribution in [0.25, 0.3) is 16.7 Å². The number of rotatable bonds is 5. The molecule has 1 fully saturated rings. The fraction of sp³-hybridized carbons (Fsp3) is 0.259. The van der Waals surface area contributed by atoms with Gasteiger partial charge in [-0.25, -0.2) is 9.59 Å². The topological polar surface area (TPSA) is 65.3 Å². The Labute approximate surface area is 202 Å². The van der Waals surface area contributed by atoms with Crippen LogP contribution in [0.2, 0.25) is 5.02 Å². The summed E-state index contributed by atoms with van der Waals surface area (Å²) < 4.78 is 8.25. The molecule has 0 aliphatic carbocycles. The second-order valence-electron chi connectivity index (χ2n) is 8.64. The molecule has 5 rings (SSSR count). The molecule has 174 valence electrons. The number of hydrogen-bond acceptors (Lipinski definition) is 4. The van der Waals surface area contributed by atoms with Gasteiger partial charge < -0.3 is 10.1 Å². The van der Waals surface area contributed by atoms with E-state index in [-0.39, 0.29) is 5.69 Å². The maximum absolute atomic E-state index is 13.6. The highest BCUT2D eigenvalue weighted by Gasteiger charge is 2.18. The molecule has 1 aliphatic rings. The molecular weight excluding hydrogens is 450 g/mol. The zero-order chi connectivity index (χ0) is 23.7. The molecule has 0 amide bonds. The Balaban J connectivity index is 1.56. The summed E-state index contributed by atoms with van der Waals surface area (Å²) in [7, 11) is 1.35. The van der Waals surface area contributed by atoms with E-state index in [2.05, 4.69) is 17.4 Å². The molecule has 3 aromatic carbocycles. The molecule has 0 bridgehead atoms. The quantitative estimate of drug-likeness (QED) is 0.423. The molecule has 6 nitrogen and oxygen atoms in total. The lowest BCUT2D eigenvalue weighted by Crippen LogP contribution is -2.26. The van der Waals surface area contributed by atoms with E-state index in [0.717, 1.165) is 48.2 Å². The maximum atomic E-state index is 13.6. The first kappa shape index (κ1) is 22.4. The first-order chi connectivity index (χ1) is 16.5. The van der Waals surface area contributed by atoms with Gasteiger partial charge in [0.05, 0.1) is 35.9 Å². The normalized spacial score (nSPS) is 14.4. The number of piperidine rings is 1. The second-order valence-corrected chi connectivity index (χ2v) is 9.08. The van der Waals surface area contributed by atoms with Gasteiger partial charge in [0.25, 0.3) is 0 Å². The molecule has 1 aliphatic heterocycles. The largest absolute Gasteiger partial charge is 0.465 e. The van der Waals surface area contributed by atoms with Gasteiger partial charge in [0.15, 0.2) is 0 Å². The smallest absolute Gasteiger partial charge is 0.337 e. The van der Waals surface area contributed by atoms with Crippen LogP contribution < -0.4 is 11.0 Å². The third kappa shape index (κ3) is 4.27. The van der Waals surface area contributed by atoms with Gasteiger partial charge in [0.2, 0.25) is 0 Å². The van der Waals surface area contributed by atoms with Crippen molar-refractivity contribution in [1.82, 2.24) is 14.5 Å². The summed E-state index contributed by atoms with van der Waals surface area (Å²) in [5, 5.41) is 3.97. The van der Waals surface area contributed by atoms with Gasteiger partial charge >= 0.3 is 11.7 Å². The van der Waals surface area contributed by atoms with Gasteiger partial charge in [-0.15, -0.1) is 0 Å². The predicted octanol–water partition coefficient (Wildman–Crippen LogP) is 4.75. The summed E-state index contributed by atoms with van der Waals surface area (Å²) in [5.41, 5.74) is 4.76. The minimum Gasteiger partial charge on any atom is -0.465 e. The molecule has 1 aromatic heterocycles. The summed E-state index contributed by atoms with van der Waals surface area (Å²) in [5.74, 6) is 0.141. The van der Waals surface area contributed by atoms with Crippen molar-refractivity contribution in [2.45, 2.75) is 25.3 Å². The van der Waals surface area contributed by atoms with Gasteiger partial charge in [0, 0.05) is 5.02 Å². The highest BCUT2D eigenvalue weighted by molar-refractivity contribution is 6.31. The fourth-order valence-electron chi connectivity index (χ4n) is 4.78. The number of fused-ring (bicyclic) bond motifs is 1. The standard InChI is InChI=1S/C27H26ClN3O3/c1-34-26(32)21-4-2-3-18(15-21)17-30-24-10-7-22(28)16-25(24)31(27(30)33)23-8-5-19(6-9-23)20-11-13-29-14-12-20/h2-10,15-16,20,29H,11-14,17H2,1H3. The lowest BCUT2D eigenvalue weighted by atomic mass is 9.90. The maximum Gasteiger partial charge on any atom is 0.337 e. The first-order valence-electron chi connectivity index (χ1n) is 11.4. The number of carbonyl (C=O) groups excluding carboxylic acids is 1. The third-order valence-electron chi connectivity index (χ3n) is 6.54. The predicted molar refractivity (Wildman–Crippen MR) is 134 cm³/mol. The zero-order valence-corrected chi connectivity index (χ0v) is 19.7. The number of ether oxygens (including phenoxy) is 1. The SMILES string of the molecule is COC(=O)c1cccc(Cn2c(=O)n(-c3ccc(C4CCNCC4)cc3)c3cc(Cl)ccc32)c1. The average Bonchev–Trinajstić information content (AvgIpc) is 3.14. The van der Waals surface area contributed by atoms with Crippen molar-refractivity contribution in [2.24, 2.45) is 0 Å². The summed E-state index contributed by atoms with van der Waals surface area (Å²) in [6.07, 6.45) is 2.25. The van der Waals surface area contributed by atoms with E-state index in [0.29, 0.717) is 23.0 Å². The van der Waals surface area contributed by atoms with E-state index < -0.39 is 5.97 Å². The van der Waals surface area contributed by atoms with Gasteiger partial charge in [-0.05, 0) is 85.4 Å². The van der Waals surface area contributed by atoms with E-state index in [1.165, 1.54) is 12.7 Å². The second kappa shape index (κ2) is 9.49. The van der Waals surface area contributed by atoms with Gasteiger partial charge in [-0.2, -0.15) is 0 Å². The fourth-order valence-corrected chi connectivity index (χ4v) is 4.95. The van der Waals surface area contributed by atoms with Crippen molar-refractivity contribution >= 4 is 28.6 Å². The molecule has 0 radical (unpaired) electrons. The molecule has 0 unspecified atom stereocenters. The highest BCUT2D eigenvalue weighted by Crippen LogP contribution is 2.27. The Bertz CT molecular complexity index is 1400. The monoisotopic (exact) mass is 475 g/mol. The van der Waals surface area contributed by atoms with Crippen LogP contribution in [-0.2, 0) is 11.3 Å². The molecule has 34 heavy (non-hydrogen) atoms. The Hall–Kier alpha value is -3.35. The number of nitrogens with one attached hydrogen (secondary N) is 1. The van der Waals surface area contributed by atoms with E-state index in [1.54, 1.807) is 33.4 Å². The van der Waals surface area contributed by atoms with Gasteiger partial charge in [-0.1, -0.05) is 35.9 Å². The summed E-state index contributed by atoms with van der Waals surface area (Å²) >= 11 is 6.32.